The van der Waals surface area contributed by atoms with Crippen molar-refractivity contribution in [3.8, 4) is 5.75 Å². The molecule has 1 aromatic carbocycles. The van der Waals surface area contributed by atoms with Crippen LogP contribution in [0.2, 0.25) is 5.02 Å². The molecule has 0 spiro atoms. The highest BCUT2D eigenvalue weighted by Crippen LogP contribution is 2.18. The van der Waals surface area contributed by atoms with E-state index in [1.54, 1.807) is 6.07 Å². The van der Waals surface area contributed by atoms with E-state index in [4.69, 9.17) is 16.3 Å². The summed E-state index contributed by atoms with van der Waals surface area (Å²) in [6.45, 7) is 4.33. The molecule has 0 atom stereocenters. The van der Waals surface area contributed by atoms with Gasteiger partial charge in [0.2, 0.25) is 0 Å². The summed E-state index contributed by atoms with van der Waals surface area (Å²) in [7, 11) is 0. The molecule has 1 aromatic heterocycles. The van der Waals surface area contributed by atoms with E-state index in [0.29, 0.717) is 11.6 Å². The fourth-order valence-electron chi connectivity index (χ4n) is 1.63. The van der Waals surface area contributed by atoms with E-state index in [1.165, 1.54) is 5.56 Å². The van der Waals surface area contributed by atoms with Gasteiger partial charge in [-0.05, 0) is 36.4 Å². The van der Waals surface area contributed by atoms with Crippen molar-refractivity contribution in [3.05, 3.63) is 58.9 Å². The predicted octanol–water partition coefficient (Wildman–Crippen LogP) is 3.42. The molecule has 0 aliphatic heterocycles. The molecule has 0 saturated carbocycles. The van der Waals surface area contributed by atoms with E-state index >= 15 is 0 Å². The van der Waals surface area contributed by atoms with Gasteiger partial charge >= 0.3 is 0 Å². The van der Waals surface area contributed by atoms with Gasteiger partial charge in [0.15, 0.2) is 0 Å². The molecule has 2 aromatic rings. The Morgan fingerprint density at radius 2 is 2.16 bits per heavy atom. The van der Waals surface area contributed by atoms with Crippen LogP contribution in [0.1, 0.15) is 18.2 Å². The molecule has 0 saturated heterocycles. The van der Waals surface area contributed by atoms with Gasteiger partial charge in [0.05, 0.1) is 5.69 Å². The number of pyridine rings is 1. The number of hydrogen-bond donors (Lipinski definition) is 1. The molecule has 0 fully saturated rings. The standard InChI is InChI=1S/C15H17ClN2O/c1-2-17-9-12-6-7-14(18-10-12)11-19-15-5-3-4-13(16)8-15/h3-8,10,17H,2,9,11H2,1H3. The first-order valence-electron chi connectivity index (χ1n) is 6.31. The molecule has 0 aliphatic rings. The van der Waals surface area contributed by atoms with Crippen LogP contribution >= 0.6 is 11.6 Å². The summed E-state index contributed by atoms with van der Waals surface area (Å²) in [5.74, 6) is 0.756. The van der Waals surface area contributed by atoms with Crippen LogP contribution in [0.3, 0.4) is 0 Å². The Kier molecular flexibility index (Phi) is 5.19. The van der Waals surface area contributed by atoms with E-state index in [-0.39, 0.29) is 0 Å². The number of nitrogens with one attached hydrogen (secondary N) is 1. The second-order valence-corrected chi connectivity index (χ2v) is 4.62. The lowest BCUT2D eigenvalue weighted by atomic mass is 10.2. The lowest BCUT2D eigenvalue weighted by Crippen LogP contribution is -2.12. The van der Waals surface area contributed by atoms with Crippen molar-refractivity contribution < 1.29 is 4.74 Å². The number of nitrogens with zero attached hydrogens (tertiary/aromatic N) is 1. The average Bonchev–Trinajstić information content (AvgIpc) is 2.44. The van der Waals surface area contributed by atoms with Gasteiger partial charge in [-0.3, -0.25) is 4.98 Å². The zero-order chi connectivity index (χ0) is 13.5. The van der Waals surface area contributed by atoms with Crippen LogP contribution in [-0.2, 0) is 13.2 Å². The second-order valence-electron chi connectivity index (χ2n) is 4.18. The fourth-order valence-corrected chi connectivity index (χ4v) is 1.81. The summed E-state index contributed by atoms with van der Waals surface area (Å²) in [5, 5.41) is 3.93. The normalized spacial score (nSPS) is 10.4. The van der Waals surface area contributed by atoms with Crippen molar-refractivity contribution in [2.75, 3.05) is 6.54 Å². The summed E-state index contributed by atoms with van der Waals surface area (Å²) < 4.78 is 5.63. The minimum Gasteiger partial charge on any atom is -0.487 e. The number of rotatable bonds is 6. The maximum absolute atomic E-state index is 5.89. The zero-order valence-corrected chi connectivity index (χ0v) is 11.7. The van der Waals surface area contributed by atoms with E-state index in [2.05, 4.69) is 23.3 Å². The molecule has 1 N–H and O–H groups in total. The molecule has 0 amide bonds. The molecule has 1 heterocycles. The van der Waals surface area contributed by atoms with Gasteiger partial charge in [-0.25, -0.2) is 0 Å². The van der Waals surface area contributed by atoms with Crippen molar-refractivity contribution in [2.24, 2.45) is 0 Å². The Morgan fingerprint density at radius 3 is 2.84 bits per heavy atom. The third-order valence-corrected chi connectivity index (χ3v) is 2.88. The van der Waals surface area contributed by atoms with Crippen molar-refractivity contribution in [2.45, 2.75) is 20.1 Å². The van der Waals surface area contributed by atoms with E-state index in [9.17, 15) is 0 Å². The summed E-state index contributed by atoms with van der Waals surface area (Å²) in [5.41, 5.74) is 2.08. The Balaban J connectivity index is 1.89. The van der Waals surface area contributed by atoms with Gasteiger partial charge in [-0.15, -0.1) is 0 Å². The molecule has 100 valence electrons. The number of aromatic nitrogens is 1. The van der Waals surface area contributed by atoms with Crippen LogP contribution in [0.25, 0.3) is 0 Å². The highest BCUT2D eigenvalue weighted by atomic mass is 35.5. The molecule has 0 bridgehead atoms. The number of ether oxygens (including phenoxy) is 1. The van der Waals surface area contributed by atoms with Crippen LogP contribution in [0, 0.1) is 0 Å². The van der Waals surface area contributed by atoms with Crippen LogP contribution < -0.4 is 10.1 Å². The second kappa shape index (κ2) is 7.12. The van der Waals surface area contributed by atoms with Gasteiger partial charge in [-0.2, -0.15) is 0 Å². The minimum absolute atomic E-state index is 0.446. The van der Waals surface area contributed by atoms with Crippen LogP contribution in [0.15, 0.2) is 42.6 Å². The quantitative estimate of drug-likeness (QED) is 0.878. The highest BCUT2D eigenvalue weighted by Gasteiger charge is 1.99. The van der Waals surface area contributed by atoms with Gasteiger partial charge in [-0.1, -0.05) is 30.7 Å². The Hall–Kier alpha value is -1.58. The van der Waals surface area contributed by atoms with Gasteiger partial charge in [0.25, 0.3) is 0 Å². The number of benzene rings is 1. The first kappa shape index (κ1) is 13.8. The molecule has 3 nitrogen and oxygen atoms in total. The van der Waals surface area contributed by atoms with Crippen molar-refractivity contribution in [1.82, 2.24) is 10.3 Å². The van der Waals surface area contributed by atoms with Gasteiger partial charge < -0.3 is 10.1 Å². The molecule has 2 rings (SSSR count). The van der Waals surface area contributed by atoms with Crippen LogP contribution in [0.4, 0.5) is 0 Å². The SMILES string of the molecule is CCNCc1ccc(COc2cccc(Cl)c2)nc1. The lowest BCUT2D eigenvalue weighted by molar-refractivity contribution is 0.301. The molecule has 0 aliphatic carbocycles. The first-order valence-corrected chi connectivity index (χ1v) is 6.68. The highest BCUT2D eigenvalue weighted by molar-refractivity contribution is 6.30. The van der Waals surface area contributed by atoms with Crippen molar-refractivity contribution in [3.63, 3.8) is 0 Å². The van der Waals surface area contributed by atoms with Crippen molar-refractivity contribution in [1.29, 1.82) is 0 Å². The van der Waals surface area contributed by atoms with Crippen molar-refractivity contribution >= 4 is 11.6 Å². The number of halogens is 1. The predicted molar refractivity (Wildman–Crippen MR) is 77.4 cm³/mol. The zero-order valence-electron chi connectivity index (χ0n) is 10.9. The molecule has 4 heteroatoms. The summed E-state index contributed by atoms with van der Waals surface area (Å²) >= 11 is 5.89. The molecular weight excluding hydrogens is 260 g/mol. The fraction of sp³-hybridized carbons (Fsp3) is 0.267. The number of hydrogen-bond acceptors (Lipinski definition) is 3. The molecule has 0 radical (unpaired) electrons. The molecular formula is C15H17ClN2O. The minimum atomic E-state index is 0.446. The Labute approximate surface area is 118 Å². The average molecular weight is 277 g/mol. The summed E-state index contributed by atoms with van der Waals surface area (Å²) in [6.07, 6.45) is 1.87. The van der Waals surface area contributed by atoms with E-state index < -0.39 is 0 Å². The smallest absolute Gasteiger partial charge is 0.130 e. The van der Waals surface area contributed by atoms with Gasteiger partial charge in [0, 0.05) is 17.8 Å². The monoisotopic (exact) mass is 276 g/mol. The van der Waals surface area contributed by atoms with E-state index in [0.717, 1.165) is 24.5 Å². The maximum atomic E-state index is 5.89. The van der Waals surface area contributed by atoms with Crippen LogP contribution in [-0.4, -0.2) is 11.5 Å². The largest absolute Gasteiger partial charge is 0.487 e. The third kappa shape index (κ3) is 4.54. The molecule has 19 heavy (non-hydrogen) atoms. The summed E-state index contributed by atoms with van der Waals surface area (Å²) in [4.78, 5) is 4.37. The Bertz CT molecular complexity index is 514. The third-order valence-electron chi connectivity index (χ3n) is 2.65. The topological polar surface area (TPSA) is 34.1 Å². The maximum Gasteiger partial charge on any atom is 0.130 e. The van der Waals surface area contributed by atoms with E-state index in [1.807, 2.05) is 30.5 Å². The Morgan fingerprint density at radius 1 is 1.26 bits per heavy atom. The first-order chi connectivity index (χ1) is 9.28. The summed E-state index contributed by atoms with van der Waals surface area (Å²) in [6, 6.07) is 11.4. The lowest BCUT2D eigenvalue weighted by Gasteiger charge is -2.07. The van der Waals surface area contributed by atoms with Crippen LogP contribution in [0.5, 0.6) is 5.75 Å². The molecule has 0 unspecified atom stereocenters. The van der Waals surface area contributed by atoms with Gasteiger partial charge in [0.1, 0.15) is 12.4 Å².